The number of methoxy groups -OCH3 is 3. The minimum Gasteiger partial charge on any atom is -0.491 e. The lowest BCUT2D eigenvalue weighted by Gasteiger charge is -2.50. The highest BCUT2D eigenvalue weighted by Crippen LogP contribution is 2.51. The van der Waals surface area contributed by atoms with E-state index in [2.05, 4.69) is 0 Å². The number of ether oxygens (including phenoxy) is 9. The second-order valence-corrected chi connectivity index (χ2v) is 17.5. The second-order valence-electron chi connectivity index (χ2n) is 17.5. The highest BCUT2D eigenvalue weighted by Gasteiger charge is 2.70. The molecule has 0 bridgehead atoms. The molecule has 4 fully saturated rings. The van der Waals surface area contributed by atoms with E-state index < -0.39 is 114 Å². The van der Waals surface area contributed by atoms with Gasteiger partial charge in [-0.05, 0) is 61.6 Å². The Morgan fingerprint density at radius 1 is 0.860 bits per heavy atom. The number of aliphatic hydroxyl groups is 3. The van der Waals surface area contributed by atoms with Crippen molar-refractivity contribution in [1.82, 2.24) is 4.90 Å². The van der Waals surface area contributed by atoms with Gasteiger partial charge in [-0.1, -0.05) is 27.7 Å². The summed E-state index contributed by atoms with van der Waals surface area (Å²) in [5, 5.41) is 34.0. The number of aliphatic hydroxyl groups excluding tert-OH is 2. The van der Waals surface area contributed by atoms with E-state index in [4.69, 9.17) is 42.6 Å². The topological polar surface area (TPSA) is 198 Å². The summed E-state index contributed by atoms with van der Waals surface area (Å²) in [6.07, 6.45) is -6.23. The van der Waals surface area contributed by atoms with Crippen LogP contribution in [-0.4, -0.2) is 158 Å². The van der Waals surface area contributed by atoms with Gasteiger partial charge < -0.3 is 62.9 Å². The van der Waals surface area contributed by atoms with E-state index in [1.54, 1.807) is 48.5 Å². The number of nitrogens with zero attached hydrogens (tertiary/aromatic N) is 1. The molecule has 0 aromatic rings. The van der Waals surface area contributed by atoms with Gasteiger partial charge in [0.25, 0.3) is 0 Å². The highest BCUT2D eigenvalue weighted by atomic mass is 16.7. The van der Waals surface area contributed by atoms with Gasteiger partial charge >= 0.3 is 11.9 Å². The quantitative estimate of drug-likeness (QED) is 0.165. The van der Waals surface area contributed by atoms with Crippen LogP contribution in [0.4, 0.5) is 0 Å². The Kier molecular flexibility index (Phi) is 15.4. The van der Waals surface area contributed by atoms with Gasteiger partial charge in [-0.2, -0.15) is 0 Å². The van der Waals surface area contributed by atoms with E-state index in [1.807, 2.05) is 32.8 Å². The molecule has 1 aliphatic carbocycles. The molecule has 0 radical (unpaired) electrons. The predicted molar refractivity (Wildman–Crippen MR) is 204 cm³/mol. The van der Waals surface area contributed by atoms with Crippen molar-refractivity contribution >= 4 is 17.7 Å². The summed E-state index contributed by atoms with van der Waals surface area (Å²) >= 11 is 0. The zero-order valence-corrected chi connectivity index (χ0v) is 36.2. The van der Waals surface area contributed by atoms with Gasteiger partial charge in [0.1, 0.15) is 23.6 Å². The third-order valence-corrected chi connectivity index (χ3v) is 13.3. The number of fused-ring (bicyclic) bond motifs is 1. The molecule has 0 spiro atoms. The van der Waals surface area contributed by atoms with Gasteiger partial charge in [0.15, 0.2) is 18.7 Å². The molecule has 16 nitrogen and oxygen atoms in total. The molecule has 0 aromatic heterocycles. The first-order chi connectivity index (χ1) is 26.5. The lowest BCUT2D eigenvalue weighted by Crippen LogP contribution is -2.61. The Morgan fingerprint density at radius 3 is 2.07 bits per heavy atom. The Bertz CT molecular complexity index is 1430. The molecule has 4 aliphatic rings. The molecule has 3 saturated heterocycles. The highest BCUT2D eigenvalue weighted by molar-refractivity contribution is 5.84. The van der Waals surface area contributed by atoms with Gasteiger partial charge in [0.2, 0.25) is 0 Å². The van der Waals surface area contributed by atoms with Crippen LogP contribution >= 0.6 is 0 Å². The van der Waals surface area contributed by atoms with Crippen LogP contribution < -0.4 is 0 Å². The summed E-state index contributed by atoms with van der Waals surface area (Å²) in [6.45, 7) is 15.6. The fourth-order valence-electron chi connectivity index (χ4n) is 9.21. The van der Waals surface area contributed by atoms with E-state index in [0.29, 0.717) is 6.42 Å². The molecular formula is C41H69NO15. The summed E-state index contributed by atoms with van der Waals surface area (Å²) in [4.78, 5) is 42.3. The Balaban J connectivity index is 1.86. The molecule has 57 heavy (non-hydrogen) atoms. The van der Waals surface area contributed by atoms with Crippen molar-refractivity contribution < 1.29 is 72.3 Å². The maximum atomic E-state index is 14.2. The summed E-state index contributed by atoms with van der Waals surface area (Å²) in [6, 6.07) is -0.248. The van der Waals surface area contributed by atoms with Crippen LogP contribution in [0.1, 0.15) is 81.6 Å². The van der Waals surface area contributed by atoms with Crippen molar-refractivity contribution in [3.63, 3.8) is 0 Å². The van der Waals surface area contributed by atoms with Crippen molar-refractivity contribution in [3.8, 4) is 0 Å². The van der Waals surface area contributed by atoms with Gasteiger partial charge in [-0.15, -0.1) is 0 Å². The molecule has 16 heteroatoms. The fraction of sp³-hybridized carbons (Fsp3) is 0.878. The largest absolute Gasteiger partial charge is 0.491 e. The summed E-state index contributed by atoms with van der Waals surface area (Å²) in [7, 11) is 8.07. The number of hydrogen-bond acceptors (Lipinski definition) is 16. The molecule has 0 aromatic carbocycles. The number of likely N-dealkylation sites (N-methyl/N-ethyl adjacent to an activating group) is 1. The van der Waals surface area contributed by atoms with Crippen molar-refractivity contribution in [2.45, 2.75) is 166 Å². The van der Waals surface area contributed by atoms with Gasteiger partial charge in [-0.25, -0.2) is 4.79 Å². The number of esters is 2. The average molecular weight is 816 g/mol. The first-order valence-electron chi connectivity index (χ1n) is 20.1. The van der Waals surface area contributed by atoms with Crippen molar-refractivity contribution in [1.29, 1.82) is 0 Å². The first kappa shape index (κ1) is 47.4. The number of hydrogen-bond donors (Lipinski definition) is 3. The number of carbonyl (C=O) groups excluding carboxylic acids is 3. The van der Waals surface area contributed by atoms with Gasteiger partial charge in [0, 0.05) is 44.3 Å². The summed E-state index contributed by atoms with van der Waals surface area (Å²) in [5.41, 5.74) is -4.17. The number of carbonyl (C=O) groups is 3. The zero-order valence-electron chi connectivity index (χ0n) is 36.2. The minimum atomic E-state index is -1.83. The molecule has 1 saturated carbocycles. The van der Waals surface area contributed by atoms with Crippen LogP contribution in [-0.2, 0) is 57.0 Å². The number of rotatable bonds is 10. The second kappa shape index (κ2) is 18.6. The predicted octanol–water partition coefficient (Wildman–Crippen LogP) is 2.37. The minimum absolute atomic E-state index is 0.0927. The summed E-state index contributed by atoms with van der Waals surface area (Å²) < 4.78 is 55.5. The molecule has 4 rings (SSSR count). The molecule has 2 unspecified atom stereocenters. The van der Waals surface area contributed by atoms with E-state index >= 15 is 0 Å². The Hall–Kier alpha value is -2.25. The fourth-order valence-corrected chi connectivity index (χ4v) is 9.21. The molecule has 3 heterocycles. The third-order valence-electron chi connectivity index (χ3n) is 13.3. The maximum absolute atomic E-state index is 14.2. The normalized spacial score (nSPS) is 47.5. The van der Waals surface area contributed by atoms with Crippen LogP contribution in [0.25, 0.3) is 0 Å². The maximum Gasteiger partial charge on any atom is 0.333 e. The van der Waals surface area contributed by atoms with Gasteiger partial charge in [-0.3, -0.25) is 9.59 Å². The SMILES string of the molecule is COC(=O)/C=C/O[C@H]1[C@H](O[C@@H]2[C@@H](C)[C@H](O[C@H]3C[C@@](C)(OC)[C@@H](O)[C@H](C)O3)[C@@H](C)C(=O)O[C@@H]3C(C)[C@]3(O)[C@H](O)C(C)C(=O)[C@H](C)C[C@]2(C)OC)O[C@H](C)C[C@@H]1N(C)C. The third kappa shape index (κ3) is 9.71. The van der Waals surface area contributed by atoms with E-state index in [9.17, 15) is 29.7 Å². The summed E-state index contributed by atoms with van der Waals surface area (Å²) in [5.74, 6) is -5.77. The van der Waals surface area contributed by atoms with Crippen LogP contribution in [0.3, 0.4) is 0 Å². The van der Waals surface area contributed by atoms with E-state index in [-0.39, 0.29) is 30.8 Å². The molecule has 3 aliphatic heterocycles. The molecule has 328 valence electrons. The van der Waals surface area contributed by atoms with E-state index in [0.717, 1.165) is 6.08 Å². The first-order valence-corrected chi connectivity index (χ1v) is 20.1. The monoisotopic (exact) mass is 815 g/mol. The zero-order chi connectivity index (χ0) is 42.9. The molecule has 3 N–H and O–H groups in total. The van der Waals surface area contributed by atoms with Crippen molar-refractivity contribution in [2.24, 2.45) is 29.6 Å². The van der Waals surface area contributed by atoms with Crippen molar-refractivity contribution in [2.75, 3.05) is 35.4 Å². The lowest BCUT2D eigenvalue weighted by atomic mass is 9.75. The van der Waals surface area contributed by atoms with E-state index in [1.165, 1.54) is 27.6 Å². The standard InChI is InChI=1S/C41H69NO15/c1-20-18-40(9,51-14)35(57-38-32(52-16-15-28(43)49-12)27(42(10)11)17-21(2)53-38)23(4)31(55-29-19-39(8,50-13)34(46)26(7)54-29)24(5)37(47)56-36-25(6)41(36,48)33(45)22(3)30(20)44/h15-16,20-27,29,31-36,38,45-46,48H,17-19H2,1-14H3/b16-15+/t20-,21-,22?,23+,24-,25?,26+,27+,29+,31+,32-,33-,34+,35-,36-,38+,39-,40+,41+/m1/s1. The van der Waals surface area contributed by atoms with Crippen molar-refractivity contribution in [3.05, 3.63) is 12.3 Å². The molecule has 0 amide bonds. The smallest absolute Gasteiger partial charge is 0.333 e. The number of ketones is 1. The molecular weight excluding hydrogens is 746 g/mol. The lowest BCUT2D eigenvalue weighted by molar-refractivity contribution is -0.319. The van der Waals surface area contributed by atoms with Crippen LogP contribution in [0.2, 0.25) is 0 Å². The molecule has 19 atom stereocenters. The Labute approximate surface area is 337 Å². The Morgan fingerprint density at radius 2 is 1.49 bits per heavy atom. The van der Waals surface area contributed by atoms with Crippen LogP contribution in [0, 0.1) is 29.6 Å². The number of Topliss-reactive ketones (excluding diaryl/α,β-unsaturated/α-hetero) is 1. The van der Waals surface area contributed by atoms with Crippen LogP contribution in [0.5, 0.6) is 0 Å². The van der Waals surface area contributed by atoms with Gasteiger partial charge in [0.05, 0.1) is 73.1 Å². The van der Waals surface area contributed by atoms with Crippen LogP contribution in [0.15, 0.2) is 12.3 Å². The average Bonchev–Trinajstić information content (AvgIpc) is 3.70.